The molecule has 0 N–H and O–H groups in total. The van der Waals surface area contributed by atoms with Crippen LogP contribution in [0.5, 0.6) is 0 Å². The molecule has 6 nitrogen and oxygen atoms in total. The average Bonchev–Trinajstić information content (AvgIpc) is 3.40. The number of carbonyl (C=O) groups is 1. The summed E-state index contributed by atoms with van der Waals surface area (Å²) in [4.78, 5) is 24.7. The second kappa shape index (κ2) is 6.99. The third-order valence-electron chi connectivity index (χ3n) is 4.61. The number of rotatable bonds is 4. The number of likely N-dealkylation sites (tertiary alicyclic amines) is 1. The molecule has 1 aliphatic heterocycles. The van der Waals surface area contributed by atoms with Gasteiger partial charge in [-0.05, 0) is 26.2 Å². The highest BCUT2D eigenvalue weighted by atomic mass is 32.1. The van der Waals surface area contributed by atoms with Gasteiger partial charge in [-0.2, -0.15) is 4.98 Å². The van der Waals surface area contributed by atoms with Crippen LogP contribution in [0.25, 0.3) is 11.4 Å². The molecule has 7 heteroatoms. The second-order valence-corrected chi connectivity index (χ2v) is 7.54. The number of thiazole rings is 1. The van der Waals surface area contributed by atoms with Crippen molar-refractivity contribution in [1.29, 1.82) is 0 Å². The topological polar surface area (TPSA) is 72.1 Å². The number of carbonyl (C=O) groups excluding carboxylic acids is 1. The van der Waals surface area contributed by atoms with Crippen LogP contribution in [-0.4, -0.2) is 32.5 Å². The molecule has 1 atom stereocenters. The summed E-state index contributed by atoms with van der Waals surface area (Å²) in [6.45, 7) is 4.66. The Morgan fingerprint density at radius 3 is 2.88 bits per heavy atom. The first-order valence-corrected chi connectivity index (χ1v) is 9.65. The van der Waals surface area contributed by atoms with Gasteiger partial charge in [-0.15, -0.1) is 11.3 Å². The van der Waals surface area contributed by atoms with E-state index in [9.17, 15) is 4.79 Å². The van der Waals surface area contributed by atoms with Crippen LogP contribution >= 0.6 is 11.3 Å². The van der Waals surface area contributed by atoms with Gasteiger partial charge in [0, 0.05) is 12.1 Å². The molecule has 0 unspecified atom stereocenters. The third-order valence-corrected chi connectivity index (χ3v) is 5.61. The molecule has 26 heavy (non-hydrogen) atoms. The average molecular weight is 368 g/mol. The minimum atomic E-state index is -0.167. The Morgan fingerprint density at radius 1 is 1.31 bits per heavy atom. The lowest BCUT2D eigenvalue weighted by Gasteiger charge is -2.21. The van der Waals surface area contributed by atoms with Crippen molar-refractivity contribution in [2.24, 2.45) is 0 Å². The van der Waals surface area contributed by atoms with E-state index in [0.29, 0.717) is 18.3 Å². The summed E-state index contributed by atoms with van der Waals surface area (Å²) in [5.41, 5.74) is 1.78. The van der Waals surface area contributed by atoms with Crippen molar-refractivity contribution in [3.05, 3.63) is 51.8 Å². The summed E-state index contributed by atoms with van der Waals surface area (Å²) in [6, 6.07) is 9.55. The van der Waals surface area contributed by atoms with Crippen LogP contribution in [0.1, 0.15) is 52.1 Å². The van der Waals surface area contributed by atoms with Crippen molar-refractivity contribution in [2.45, 2.75) is 39.2 Å². The molecule has 1 fully saturated rings. The molecular weight excluding hydrogens is 348 g/mol. The van der Waals surface area contributed by atoms with Crippen molar-refractivity contribution in [3.8, 4) is 11.4 Å². The van der Waals surface area contributed by atoms with Gasteiger partial charge in [-0.3, -0.25) is 4.79 Å². The van der Waals surface area contributed by atoms with Crippen molar-refractivity contribution in [2.75, 3.05) is 6.54 Å². The maximum Gasteiger partial charge on any atom is 0.266 e. The van der Waals surface area contributed by atoms with E-state index in [1.807, 2.05) is 49.1 Å². The number of benzene rings is 1. The predicted octanol–water partition coefficient (Wildman–Crippen LogP) is 4.04. The zero-order valence-corrected chi connectivity index (χ0v) is 15.6. The van der Waals surface area contributed by atoms with Crippen LogP contribution in [0.15, 0.2) is 34.9 Å². The molecule has 2 aromatic heterocycles. The first-order chi connectivity index (χ1) is 12.7. The molecule has 3 aromatic rings. The lowest BCUT2D eigenvalue weighted by molar-refractivity contribution is 0.0713. The van der Waals surface area contributed by atoms with Crippen molar-refractivity contribution in [3.63, 3.8) is 0 Å². The highest BCUT2D eigenvalue weighted by Gasteiger charge is 2.36. The number of amides is 1. The number of aryl methyl sites for hydroxylation is 2. The fraction of sp³-hybridized carbons (Fsp3) is 0.368. The third kappa shape index (κ3) is 3.03. The molecule has 3 heterocycles. The molecule has 0 spiro atoms. The van der Waals surface area contributed by atoms with Crippen molar-refractivity contribution < 1.29 is 9.32 Å². The summed E-state index contributed by atoms with van der Waals surface area (Å²) in [6.07, 6.45) is 2.52. The van der Waals surface area contributed by atoms with Crippen LogP contribution in [0, 0.1) is 6.92 Å². The van der Waals surface area contributed by atoms with E-state index in [0.717, 1.165) is 40.4 Å². The van der Waals surface area contributed by atoms with E-state index >= 15 is 0 Å². The van der Waals surface area contributed by atoms with Gasteiger partial charge in [0.15, 0.2) is 0 Å². The van der Waals surface area contributed by atoms with Gasteiger partial charge in [-0.25, -0.2) is 4.98 Å². The summed E-state index contributed by atoms with van der Waals surface area (Å²) in [7, 11) is 0. The van der Waals surface area contributed by atoms with Gasteiger partial charge in [-0.1, -0.05) is 42.4 Å². The lowest BCUT2D eigenvalue weighted by atomic mass is 10.2. The predicted molar refractivity (Wildman–Crippen MR) is 99.0 cm³/mol. The van der Waals surface area contributed by atoms with Gasteiger partial charge in [0.05, 0.1) is 10.7 Å². The van der Waals surface area contributed by atoms with Gasteiger partial charge >= 0.3 is 0 Å². The van der Waals surface area contributed by atoms with Crippen molar-refractivity contribution in [1.82, 2.24) is 20.0 Å². The summed E-state index contributed by atoms with van der Waals surface area (Å²) < 4.78 is 5.51. The standard InChI is InChI=1S/C19H20N4O2S/c1-3-14-16(26-12(2)20-14)19(24)23-11-7-10-15(23)18-21-17(22-25-18)13-8-5-4-6-9-13/h4-6,8-9,15H,3,7,10-11H2,1-2H3/t15-/m0/s1. The highest BCUT2D eigenvalue weighted by Crippen LogP contribution is 2.34. The van der Waals surface area contributed by atoms with Gasteiger partial charge in [0.25, 0.3) is 5.91 Å². The Kier molecular flexibility index (Phi) is 4.55. The van der Waals surface area contributed by atoms with E-state index in [2.05, 4.69) is 15.1 Å². The van der Waals surface area contributed by atoms with E-state index in [1.165, 1.54) is 11.3 Å². The molecule has 0 aliphatic carbocycles. The monoisotopic (exact) mass is 368 g/mol. The molecule has 1 amide bonds. The summed E-state index contributed by atoms with van der Waals surface area (Å²) in [5.74, 6) is 1.09. The van der Waals surface area contributed by atoms with Gasteiger partial charge < -0.3 is 9.42 Å². The molecule has 0 bridgehead atoms. The Bertz CT molecular complexity index is 919. The van der Waals surface area contributed by atoms with Gasteiger partial charge in [0.1, 0.15) is 10.9 Å². The highest BCUT2D eigenvalue weighted by molar-refractivity contribution is 7.13. The van der Waals surface area contributed by atoms with Crippen LogP contribution < -0.4 is 0 Å². The summed E-state index contributed by atoms with van der Waals surface area (Å²) >= 11 is 1.46. The Morgan fingerprint density at radius 2 is 2.12 bits per heavy atom. The molecule has 4 rings (SSSR count). The smallest absolute Gasteiger partial charge is 0.266 e. The maximum absolute atomic E-state index is 13.1. The maximum atomic E-state index is 13.1. The quantitative estimate of drug-likeness (QED) is 0.695. The van der Waals surface area contributed by atoms with Crippen LogP contribution in [0.4, 0.5) is 0 Å². The number of nitrogens with zero attached hydrogens (tertiary/aromatic N) is 4. The molecule has 1 saturated heterocycles. The molecule has 0 saturated carbocycles. The Hall–Kier alpha value is -2.54. The minimum absolute atomic E-state index is 0.0226. The van der Waals surface area contributed by atoms with Crippen LogP contribution in [0.2, 0.25) is 0 Å². The van der Waals surface area contributed by atoms with E-state index in [-0.39, 0.29) is 11.9 Å². The Labute approximate surface area is 155 Å². The fourth-order valence-corrected chi connectivity index (χ4v) is 4.31. The normalized spacial score (nSPS) is 17.0. The number of hydrogen-bond donors (Lipinski definition) is 0. The zero-order chi connectivity index (χ0) is 18.1. The zero-order valence-electron chi connectivity index (χ0n) is 14.8. The van der Waals surface area contributed by atoms with Crippen molar-refractivity contribution >= 4 is 17.2 Å². The molecule has 0 radical (unpaired) electrons. The molecule has 1 aliphatic rings. The lowest BCUT2D eigenvalue weighted by Crippen LogP contribution is -2.30. The second-order valence-electron chi connectivity index (χ2n) is 6.34. The van der Waals surface area contributed by atoms with Gasteiger partial charge in [0.2, 0.25) is 11.7 Å². The van der Waals surface area contributed by atoms with E-state index in [1.54, 1.807) is 0 Å². The fourth-order valence-electron chi connectivity index (χ4n) is 3.35. The Balaban J connectivity index is 1.61. The first kappa shape index (κ1) is 16.9. The molecular formula is C19H20N4O2S. The SMILES string of the molecule is CCc1nc(C)sc1C(=O)N1CCC[C@H]1c1nc(-c2ccccc2)no1. The van der Waals surface area contributed by atoms with E-state index in [4.69, 9.17) is 4.52 Å². The van der Waals surface area contributed by atoms with E-state index < -0.39 is 0 Å². The van der Waals surface area contributed by atoms with Crippen LogP contribution in [-0.2, 0) is 6.42 Å². The molecule has 134 valence electrons. The first-order valence-electron chi connectivity index (χ1n) is 8.83. The number of aromatic nitrogens is 3. The summed E-state index contributed by atoms with van der Waals surface area (Å²) in [5, 5.41) is 5.02. The minimum Gasteiger partial charge on any atom is -0.337 e. The number of hydrogen-bond acceptors (Lipinski definition) is 6. The van der Waals surface area contributed by atoms with Crippen LogP contribution in [0.3, 0.4) is 0 Å². The molecule has 1 aromatic carbocycles. The largest absolute Gasteiger partial charge is 0.337 e.